The van der Waals surface area contributed by atoms with Crippen molar-refractivity contribution >= 4 is 5.91 Å². The molecule has 2 fully saturated rings. The molecule has 1 saturated heterocycles. The number of likely N-dealkylation sites (tertiary alicyclic amines) is 1. The second-order valence-corrected chi connectivity index (χ2v) is 8.37. The summed E-state index contributed by atoms with van der Waals surface area (Å²) in [4.78, 5) is 15.8. The fraction of sp³-hybridized carbons (Fsp3) is 0.565. The van der Waals surface area contributed by atoms with Gasteiger partial charge in [0.2, 0.25) is 5.91 Å². The first kappa shape index (κ1) is 19.2. The zero-order chi connectivity index (χ0) is 19.6. The maximum absolute atomic E-state index is 13.7. The first-order chi connectivity index (χ1) is 13.7. The van der Waals surface area contributed by atoms with Crippen molar-refractivity contribution in [2.45, 2.75) is 63.3 Å². The standard InChI is InChI=1S/C23H31N3O2/c1-18-6-2-3-7-20(18)23(11-4-5-12-23)22(28)25-14-9-19(10-15-25)21-8-13-24-26(21)16-17-27/h2-3,6-8,13,19,27H,4-5,9-12,14-17H2,1H3. The molecule has 1 amide bonds. The van der Waals surface area contributed by atoms with Crippen molar-refractivity contribution in [1.82, 2.24) is 14.7 Å². The predicted molar refractivity (Wildman–Crippen MR) is 109 cm³/mol. The number of hydrogen-bond donors (Lipinski definition) is 1. The van der Waals surface area contributed by atoms with Crippen LogP contribution in [0.1, 0.15) is 61.3 Å². The van der Waals surface area contributed by atoms with Crippen LogP contribution in [0.4, 0.5) is 0 Å². The summed E-state index contributed by atoms with van der Waals surface area (Å²) in [5.74, 6) is 0.748. The van der Waals surface area contributed by atoms with E-state index in [0.717, 1.165) is 51.6 Å². The van der Waals surface area contributed by atoms with Crippen molar-refractivity contribution in [2.75, 3.05) is 19.7 Å². The number of aliphatic hydroxyl groups excluding tert-OH is 1. The molecule has 5 nitrogen and oxygen atoms in total. The van der Waals surface area contributed by atoms with E-state index in [1.165, 1.54) is 16.8 Å². The second-order valence-electron chi connectivity index (χ2n) is 8.37. The Morgan fingerprint density at radius 1 is 1.18 bits per heavy atom. The summed E-state index contributed by atoms with van der Waals surface area (Å²) in [5.41, 5.74) is 3.34. The number of aryl methyl sites for hydroxylation is 1. The number of amides is 1. The topological polar surface area (TPSA) is 58.4 Å². The number of nitrogens with zero attached hydrogens (tertiary/aromatic N) is 3. The van der Waals surface area contributed by atoms with Gasteiger partial charge in [-0.15, -0.1) is 0 Å². The van der Waals surface area contributed by atoms with Crippen LogP contribution >= 0.6 is 0 Å². The van der Waals surface area contributed by atoms with Crippen LogP contribution in [0.15, 0.2) is 36.5 Å². The van der Waals surface area contributed by atoms with Crippen LogP contribution in [0, 0.1) is 6.92 Å². The molecule has 150 valence electrons. The lowest BCUT2D eigenvalue weighted by atomic mass is 9.75. The summed E-state index contributed by atoms with van der Waals surface area (Å²) in [7, 11) is 0. The number of carbonyl (C=O) groups is 1. The van der Waals surface area contributed by atoms with E-state index in [0.29, 0.717) is 18.4 Å². The van der Waals surface area contributed by atoms with E-state index < -0.39 is 0 Å². The highest BCUT2D eigenvalue weighted by molar-refractivity contribution is 5.89. The van der Waals surface area contributed by atoms with Gasteiger partial charge in [-0.1, -0.05) is 37.1 Å². The van der Waals surface area contributed by atoms with Gasteiger partial charge in [0.05, 0.1) is 18.6 Å². The van der Waals surface area contributed by atoms with Gasteiger partial charge in [-0.3, -0.25) is 9.48 Å². The molecule has 0 atom stereocenters. The summed E-state index contributed by atoms with van der Waals surface area (Å²) in [6.07, 6.45) is 7.96. The average Bonchev–Trinajstić information content (AvgIpc) is 3.39. The molecule has 0 bridgehead atoms. The number of aromatic nitrogens is 2. The molecule has 4 rings (SSSR count). The molecule has 2 aliphatic rings. The van der Waals surface area contributed by atoms with Gasteiger partial charge >= 0.3 is 0 Å². The summed E-state index contributed by atoms with van der Waals surface area (Å²) in [5, 5.41) is 13.6. The number of carbonyl (C=O) groups excluding carboxylic acids is 1. The Morgan fingerprint density at radius 3 is 2.57 bits per heavy atom. The number of piperidine rings is 1. The molecule has 5 heteroatoms. The summed E-state index contributed by atoms with van der Waals surface area (Å²) >= 11 is 0. The maximum Gasteiger partial charge on any atom is 0.233 e. The molecule has 2 heterocycles. The third-order valence-corrected chi connectivity index (χ3v) is 6.79. The zero-order valence-electron chi connectivity index (χ0n) is 16.8. The quantitative estimate of drug-likeness (QED) is 0.864. The Bertz CT molecular complexity index is 815. The van der Waals surface area contributed by atoms with E-state index in [9.17, 15) is 9.90 Å². The second kappa shape index (κ2) is 8.08. The van der Waals surface area contributed by atoms with Crippen LogP contribution in [0.5, 0.6) is 0 Å². The number of hydrogen-bond acceptors (Lipinski definition) is 3. The highest BCUT2D eigenvalue weighted by Gasteiger charge is 2.46. The van der Waals surface area contributed by atoms with E-state index >= 15 is 0 Å². The van der Waals surface area contributed by atoms with Gasteiger partial charge in [0.25, 0.3) is 0 Å². The summed E-state index contributed by atoms with van der Waals surface area (Å²) in [6.45, 7) is 4.39. The minimum absolute atomic E-state index is 0.102. The molecule has 0 unspecified atom stereocenters. The van der Waals surface area contributed by atoms with Crippen molar-refractivity contribution in [3.05, 3.63) is 53.3 Å². The molecule has 1 aliphatic carbocycles. The SMILES string of the molecule is Cc1ccccc1C1(C(=O)N2CCC(c3ccnn3CCO)CC2)CCCC1. The fourth-order valence-corrected chi connectivity index (χ4v) is 5.34. The lowest BCUT2D eigenvalue weighted by Gasteiger charge is -2.39. The van der Waals surface area contributed by atoms with Gasteiger partial charge in [0.15, 0.2) is 0 Å². The predicted octanol–water partition coefficient (Wildman–Crippen LogP) is 3.40. The molecule has 1 aliphatic heterocycles. The van der Waals surface area contributed by atoms with E-state index in [2.05, 4.69) is 47.3 Å². The normalized spacial score (nSPS) is 19.9. The van der Waals surface area contributed by atoms with Crippen LogP contribution < -0.4 is 0 Å². The molecular formula is C23H31N3O2. The molecule has 28 heavy (non-hydrogen) atoms. The van der Waals surface area contributed by atoms with Crippen molar-refractivity contribution in [1.29, 1.82) is 0 Å². The Hall–Kier alpha value is -2.14. The molecule has 2 aromatic rings. The van der Waals surface area contributed by atoms with E-state index in [-0.39, 0.29) is 12.0 Å². The Morgan fingerprint density at radius 2 is 1.89 bits per heavy atom. The van der Waals surface area contributed by atoms with Crippen LogP contribution in [-0.4, -0.2) is 45.4 Å². The van der Waals surface area contributed by atoms with Crippen molar-refractivity contribution in [3.8, 4) is 0 Å². The highest BCUT2D eigenvalue weighted by atomic mass is 16.3. The molecule has 1 aromatic heterocycles. The van der Waals surface area contributed by atoms with Gasteiger partial charge in [0, 0.05) is 30.9 Å². The van der Waals surface area contributed by atoms with Crippen LogP contribution in [0.25, 0.3) is 0 Å². The first-order valence-corrected chi connectivity index (χ1v) is 10.6. The van der Waals surface area contributed by atoms with Crippen LogP contribution in [0.3, 0.4) is 0 Å². The minimum Gasteiger partial charge on any atom is -0.394 e. The van der Waals surface area contributed by atoms with Gasteiger partial charge in [-0.25, -0.2) is 0 Å². The van der Waals surface area contributed by atoms with E-state index in [4.69, 9.17) is 0 Å². The van der Waals surface area contributed by atoms with Crippen molar-refractivity contribution in [2.24, 2.45) is 0 Å². The average molecular weight is 382 g/mol. The third kappa shape index (κ3) is 3.37. The van der Waals surface area contributed by atoms with Gasteiger partial charge in [-0.05, 0) is 49.8 Å². The van der Waals surface area contributed by atoms with Gasteiger partial charge in [0.1, 0.15) is 0 Å². The molecular weight excluding hydrogens is 350 g/mol. The smallest absolute Gasteiger partial charge is 0.233 e. The lowest BCUT2D eigenvalue weighted by Crippen LogP contribution is -2.48. The minimum atomic E-state index is -0.323. The monoisotopic (exact) mass is 381 g/mol. The molecule has 0 radical (unpaired) electrons. The summed E-state index contributed by atoms with van der Waals surface area (Å²) in [6, 6.07) is 10.5. The summed E-state index contributed by atoms with van der Waals surface area (Å²) < 4.78 is 1.91. The Balaban J connectivity index is 1.50. The van der Waals surface area contributed by atoms with Crippen molar-refractivity contribution in [3.63, 3.8) is 0 Å². The van der Waals surface area contributed by atoms with E-state index in [1.54, 1.807) is 0 Å². The van der Waals surface area contributed by atoms with Gasteiger partial charge in [-0.2, -0.15) is 5.10 Å². The first-order valence-electron chi connectivity index (χ1n) is 10.6. The largest absolute Gasteiger partial charge is 0.394 e. The Labute approximate surface area is 167 Å². The van der Waals surface area contributed by atoms with Crippen LogP contribution in [0.2, 0.25) is 0 Å². The third-order valence-electron chi connectivity index (χ3n) is 6.79. The molecule has 1 aromatic carbocycles. The number of rotatable bonds is 5. The molecule has 1 saturated carbocycles. The number of benzene rings is 1. The number of aliphatic hydroxyl groups is 1. The lowest BCUT2D eigenvalue weighted by molar-refractivity contribution is -0.138. The highest BCUT2D eigenvalue weighted by Crippen LogP contribution is 2.44. The zero-order valence-corrected chi connectivity index (χ0v) is 16.8. The molecule has 0 spiro atoms. The van der Waals surface area contributed by atoms with Crippen LogP contribution in [-0.2, 0) is 16.8 Å². The van der Waals surface area contributed by atoms with Gasteiger partial charge < -0.3 is 10.0 Å². The Kier molecular flexibility index (Phi) is 5.54. The van der Waals surface area contributed by atoms with Crippen molar-refractivity contribution < 1.29 is 9.90 Å². The van der Waals surface area contributed by atoms with E-state index in [1.807, 2.05) is 10.9 Å². The fourth-order valence-electron chi connectivity index (χ4n) is 5.34. The maximum atomic E-state index is 13.7. The molecule has 1 N–H and O–H groups in total.